The van der Waals surface area contributed by atoms with Gasteiger partial charge in [0.2, 0.25) is 0 Å². The van der Waals surface area contributed by atoms with Crippen LogP contribution in [-0.2, 0) is 0 Å². The zero-order chi connectivity index (χ0) is 32.1. The highest BCUT2D eigenvalue weighted by Crippen LogP contribution is 2.50. The highest BCUT2D eigenvalue weighted by molar-refractivity contribution is 7.26. The molecule has 3 heteroatoms. The third-order valence-electron chi connectivity index (χ3n) is 10.1. The topological polar surface area (TPSA) is 26.3 Å². The number of fused-ring (bicyclic) bond motifs is 10. The van der Waals surface area contributed by atoms with E-state index in [-0.39, 0.29) is 0 Å². The van der Waals surface area contributed by atoms with Crippen LogP contribution in [0.4, 0.5) is 0 Å². The van der Waals surface area contributed by atoms with Gasteiger partial charge in [-0.3, -0.25) is 0 Å². The van der Waals surface area contributed by atoms with E-state index in [1.165, 1.54) is 69.7 Å². The van der Waals surface area contributed by atoms with Crippen LogP contribution in [0.3, 0.4) is 0 Å². The van der Waals surface area contributed by atoms with Gasteiger partial charge in [-0.25, -0.2) is 0 Å². The molecule has 8 aromatic carbocycles. The lowest BCUT2D eigenvalue weighted by atomic mass is 9.83. The summed E-state index contributed by atoms with van der Waals surface area (Å²) in [6.07, 6.45) is 1.79. The largest absolute Gasteiger partial charge is 0.464 e. The summed E-state index contributed by atoms with van der Waals surface area (Å²) in [5, 5.41) is 10.6. The molecule has 0 aliphatic rings. The van der Waals surface area contributed by atoms with Crippen LogP contribution in [0.25, 0.3) is 108 Å². The number of hydrogen-bond donors (Lipinski definition) is 0. The van der Waals surface area contributed by atoms with Crippen molar-refractivity contribution in [3.05, 3.63) is 158 Å². The average Bonchev–Trinajstić information content (AvgIpc) is 3.88. The van der Waals surface area contributed by atoms with Crippen molar-refractivity contribution in [2.45, 2.75) is 0 Å². The zero-order valence-electron chi connectivity index (χ0n) is 26.2. The van der Waals surface area contributed by atoms with Crippen molar-refractivity contribution in [1.29, 1.82) is 0 Å². The summed E-state index contributed by atoms with van der Waals surface area (Å²) in [4.78, 5) is 0. The van der Waals surface area contributed by atoms with Gasteiger partial charge >= 0.3 is 0 Å². The molecule has 0 N–H and O–H groups in total. The molecule has 0 saturated carbocycles. The van der Waals surface area contributed by atoms with Crippen molar-refractivity contribution in [3.63, 3.8) is 0 Å². The van der Waals surface area contributed by atoms with Gasteiger partial charge in [0.05, 0.1) is 6.26 Å². The van der Waals surface area contributed by atoms with E-state index < -0.39 is 0 Å². The third kappa shape index (κ3) is 3.94. The van der Waals surface area contributed by atoms with Gasteiger partial charge in [-0.1, -0.05) is 109 Å². The molecule has 0 amide bonds. The Morgan fingerprint density at radius 2 is 1.08 bits per heavy atom. The van der Waals surface area contributed by atoms with Gasteiger partial charge in [-0.05, 0) is 91.8 Å². The third-order valence-corrected chi connectivity index (χ3v) is 11.4. The fourth-order valence-corrected chi connectivity index (χ4v) is 9.12. The first kappa shape index (κ1) is 26.9. The molecule has 11 aromatic rings. The fourth-order valence-electron chi connectivity index (χ4n) is 7.89. The average molecular weight is 643 g/mol. The molecule has 0 spiro atoms. The van der Waals surface area contributed by atoms with Gasteiger partial charge in [-0.2, -0.15) is 0 Å². The first-order valence-electron chi connectivity index (χ1n) is 16.6. The summed E-state index contributed by atoms with van der Waals surface area (Å²) >= 11 is 1.88. The van der Waals surface area contributed by atoms with Crippen LogP contribution >= 0.6 is 11.3 Å². The number of rotatable bonds is 3. The molecule has 2 nitrogen and oxygen atoms in total. The molecule has 0 unspecified atom stereocenters. The Balaban J connectivity index is 1.35. The first-order valence-corrected chi connectivity index (χ1v) is 17.4. The van der Waals surface area contributed by atoms with Crippen LogP contribution in [0, 0.1) is 0 Å². The maximum Gasteiger partial charge on any atom is 0.136 e. The maximum atomic E-state index is 6.49. The van der Waals surface area contributed by atoms with Gasteiger partial charge in [-0.15, -0.1) is 11.3 Å². The van der Waals surface area contributed by atoms with Crippen molar-refractivity contribution in [1.82, 2.24) is 0 Å². The summed E-state index contributed by atoms with van der Waals surface area (Å²) in [5.41, 5.74) is 9.92. The molecule has 0 bridgehead atoms. The molecule has 0 aliphatic carbocycles. The normalized spacial score (nSPS) is 12.1. The van der Waals surface area contributed by atoms with Gasteiger partial charge < -0.3 is 8.83 Å². The molecule has 0 aliphatic heterocycles. The van der Waals surface area contributed by atoms with E-state index in [4.69, 9.17) is 8.83 Å². The predicted molar refractivity (Wildman–Crippen MR) is 208 cm³/mol. The lowest BCUT2D eigenvalue weighted by Crippen LogP contribution is -1.93. The first-order chi connectivity index (χ1) is 24.3. The molecular weight excluding hydrogens is 617 g/mol. The standard InChI is InChI=1S/C46H26O2S/c1-2-9-27(10-3-1)28-17-19-29(20-18-28)44-39-26-41-30(21-22-47-41)23-35(39)36-25-42-37(31-11-4-6-15-40(31)48-42)24-38(36)45(44)34-14-8-13-33-32-12-5-7-16-43(32)49-46(33)34/h1-26H. The number of furan rings is 2. The van der Waals surface area contributed by atoms with Gasteiger partial charge in [0.1, 0.15) is 16.7 Å². The Kier molecular flexibility index (Phi) is 5.57. The van der Waals surface area contributed by atoms with E-state index in [1.54, 1.807) is 6.26 Å². The molecule has 3 heterocycles. The maximum absolute atomic E-state index is 6.49. The quantitative estimate of drug-likeness (QED) is 0.179. The minimum absolute atomic E-state index is 0.879. The monoisotopic (exact) mass is 642 g/mol. The van der Waals surface area contributed by atoms with E-state index in [1.807, 2.05) is 17.4 Å². The van der Waals surface area contributed by atoms with E-state index in [0.717, 1.165) is 38.3 Å². The van der Waals surface area contributed by atoms with Crippen molar-refractivity contribution in [2.75, 3.05) is 0 Å². The minimum Gasteiger partial charge on any atom is -0.464 e. The summed E-state index contributed by atoms with van der Waals surface area (Å²) < 4.78 is 15.1. The Bertz CT molecular complexity index is 3090. The Morgan fingerprint density at radius 1 is 0.388 bits per heavy atom. The number of hydrogen-bond acceptors (Lipinski definition) is 3. The lowest BCUT2D eigenvalue weighted by molar-refractivity contribution is 0.616. The second-order valence-corrected chi connectivity index (χ2v) is 13.9. The van der Waals surface area contributed by atoms with Crippen LogP contribution in [0.15, 0.2) is 167 Å². The molecule has 0 fully saturated rings. The Morgan fingerprint density at radius 3 is 1.98 bits per heavy atom. The molecule has 0 radical (unpaired) electrons. The number of thiophene rings is 1. The molecular formula is C46H26O2S. The molecule has 0 atom stereocenters. The highest BCUT2D eigenvalue weighted by atomic mass is 32.1. The smallest absolute Gasteiger partial charge is 0.136 e. The van der Waals surface area contributed by atoms with Crippen LogP contribution in [0.5, 0.6) is 0 Å². The SMILES string of the molecule is c1ccc(-c2ccc(-c3c(-c4cccc5c4sc4ccccc45)c4cc5c(cc4c4cc6ccoc6cc34)oc3ccccc35)cc2)cc1. The van der Waals surface area contributed by atoms with Crippen LogP contribution in [0.2, 0.25) is 0 Å². The molecule has 49 heavy (non-hydrogen) atoms. The molecule has 11 rings (SSSR count). The van der Waals surface area contributed by atoms with E-state index in [9.17, 15) is 0 Å². The lowest BCUT2D eigenvalue weighted by Gasteiger charge is -2.20. The van der Waals surface area contributed by atoms with Gasteiger partial charge in [0.15, 0.2) is 0 Å². The number of para-hydroxylation sites is 1. The summed E-state index contributed by atoms with van der Waals surface area (Å²) in [6.45, 7) is 0. The van der Waals surface area contributed by atoms with E-state index in [0.29, 0.717) is 0 Å². The summed E-state index contributed by atoms with van der Waals surface area (Å²) in [6, 6.07) is 54.8. The summed E-state index contributed by atoms with van der Waals surface area (Å²) in [5.74, 6) is 0. The van der Waals surface area contributed by atoms with Crippen molar-refractivity contribution < 1.29 is 8.83 Å². The van der Waals surface area contributed by atoms with Crippen molar-refractivity contribution in [2.24, 2.45) is 0 Å². The molecule has 3 aromatic heterocycles. The van der Waals surface area contributed by atoms with E-state index in [2.05, 4.69) is 146 Å². The number of benzene rings is 8. The minimum atomic E-state index is 0.879. The Labute approximate surface area is 285 Å². The Hall–Kier alpha value is -6.16. The fraction of sp³-hybridized carbons (Fsp3) is 0. The second kappa shape index (κ2) is 10.2. The molecule has 228 valence electrons. The highest BCUT2D eigenvalue weighted by Gasteiger charge is 2.23. The van der Waals surface area contributed by atoms with Crippen LogP contribution < -0.4 is 0 Å². The van der Waals surface area contributed by atoms with E-state index >= 15 is 0 Å². The molecule has 0 saturated heterocycles. The van der Waals surface area contributed by atoms with Crippen molar-refractivity contribution >= 4 is 86.0 Å². The summed E-state index contributed by atoms with van der Waals surface area (Å²) in [7, 11) is 0. The van der Waals surface area contributed by atoms with Crippen LogP contribution in [-0.4, -0.2) is 0 Å². The predicted octanol–water partition coefficient (Wildman–Crippen LogP) is 14.0. The van der Waals surface area contributed by atoms with Crippen LogP contribution in [0.1, 0.15) is 0 Å². The zero-order valence-corrected chi connectivity index (χ0v) is 27.1. The van der Waals surface area contributed by atoms with Gasteiger partial charge in [0.25, 0.3) is 0 Å². The van der Waals surface area contributed by atoms with Gasteiger partial charge in [0, 0.05) is 41.9 Å². The van der Waals surface area contributed by atoms with Crippen molar-refractivity contribution in [3.8, 4) is 33.4 Å². The second-order valence-electron chi connectivity index (χ2n) is 12.8.